The standard InChI is InChI=1S/C17H18O7/c1-9-6-17-8-15(13(19)21-2,14(20)22-3)7-16(17)5-4-10(23-16)11(9)12(18)24-17/h4-6,10-11H,7-8H2,1-3H3/t10-,11+,16-,17+/m1/s1. The van der Waals surface area contributed by atoms with Crippen molar-refractivity contribution in [2.45, 2.75) is 37.1 Å². The average molecular weight is 334 g/mol. The minimum absolute atomic E-state index is 0.0100. The molecule has 1 saturated carbocycles. The molecule has 0 aromatic rings. The molecule has 0 N–H and O–H groups in total. The Labute approximate surface area is 138 Å². The Morgan fingerprint density at radius 1 is 1.17 bits per heavy atom. The molecule has 1 saturated heterocycles. The molecule has 7 heteroatoms. The molecule has 24 heavy (non-hydrogen) atoms. The lowest BCUT2D eigenvalue weighted by molar-refractivity contribution is -0.173. The summed E-state index contributed by atoms with van der Waals surface area (Å²) in [4.78, 5) is 37.5. The van der Waals surface area contributed by atoms with E-state index in [-0.39, 0.29) is 12.8 Å². The Bertz CT molecular complexity index is 704. The average Bonchev–Trinajstić information content (AvgIpc) is 3.01. The number of hydrogen-bond donors (Lipinski definition) is 0. The molecule has 0 aromatic carbocycles. The molecule has 0 radical (unpaired) electrons. The van der Waals surface area contributed by atoms with Crippen LogP contribution < -0.4 is 0 Å². The molecule has 2 spiro atoms. The molecular formula is C17H18O7. The maximum atomic E-state index is 12.5. The van der Waals surface area contributed by atoms with Gasteiger partial charge in [-0.05, 0) is 19.1 Å². The summed E-state index contributed by atoms with van der Waals surface area (Å²) >= 11 is 0. The molecule has 0 aromatic heterocycles. The first-order chi connectivity index (χ1) is 11.3. The zero-order valence-electron chi connectivity index (χ0n) is 13.7. The molecule has 4 bridgehead atoms. The smallest absolute Gasteiger partial charge is 0.323 e. The van der Waals surface area contributed by atoms with Gasteiger partial charge in [0.1, 0.15) is 11.5 Å². The van der Waals surface area contributed by atoms with Crippen molar-refractivity contribution in [1.82, 2.24) is 0 Å². The van der Waals surface area contributed by atoms with E-state index in [1.807, 2.05) is 25.2 Å². The van der Waals surface area contributed by atoms with Crippen LogP contribution in [0.4, 0.5) is 0 Å². The van der Waals surface area contributed by atoms with Crippen LogP contribution in [0.3, 0.4) is 0 Å². The fraction of sp³-hybridized carbons (Fsp3) is 0.588. The summed E-state index contributed by atoms with van der Waals surface area (Å²) in [6, 6.07) is 0. The Morgan fingerprint density at radius 3 is 2.38 bits per heavy atom. The van der Waals surface area contributed by atoms with E-state index in [0.717, 1.165) is 5.57 Å². The van der Waals surface area contributed by atoms with Crippen LogP contribution in [0.25, 0.3) is 0 Å². The number of ether oxygens (including phenoxy) is 4. The van der Waals surface area contributed by atoms with Crippen molar-refractivity contribution in [3.05, 3.63) is 23.8 Å². The monoisotopic (exact) mass is 334 g/mol. The lowest BCUT2D eigenvalue weighted by Crippen LogP contribution is -2.51. The van der Waals surface area contributed by atoms with Gasteiger partial charge in [0.05, 0.1) is 20.3 Å². The third kappa shape index (κ3) is 1.53. The number of methoxy groups -OCH3 is 2. The van der Waals surface area contributed by atoms with Crippen molar-refractivity contribution in [2.24, 2.45) is 11.3 Å². The number of fused-ring (bicyclic) bond motifs is 1. The molecular weight excluding hydrogens is 316 g/mol. The summed E-state index contributed by atoms with van der Waals surface area (Å²) in [5.74, 6) is -2.30. The van der Waals surface area contributed by atoms with E-state index < -0.39 is 46.5 Å². The van der Waals surface area contributed by atoms with Crippen molar-refractivity contribution in [3.8, 4) is 0 Å². The van der Waals surface area contributed by atoms with Gasteiger partial charge in [0.25, 0.3) is 0 Å². The largest absolute Gasteiger partial charge is 0.468 e. The van der Waals surface area contributed by atoms with E-state index in [1.165, 1.54) is 14.2 Å². The highest BCUT2D eigenvalue weighted by Gasteiger charge is 2.75. The van der Waals surface area contributed by atoms with E-state index in [0.29, 0.717) is 0 Å². The molecule has 5 aliphatic rings. The SMILES string of the molecule is COC(=O)C1(C(=O)OC)C[C@@]23C=C[C@@H](O2)[C@H]2C(=O)O[C@@]3(C=C2C)C1. The van der Waals surface area contributed by atoms with Gasteiger partial charge in [0, 0.05) is 12.8 Å². The molecule has 128 valence electrons. The Kier molecular flexibility index (Phi) is 2.87. The van der Waals surface area contributed by atoms with Crippen molar-refractivity contribution >= 4 is 17.9 Å². The second-order valence-electron chi connectivity index (χ2n) is 6.93. The van der Waals surface area contributed by atoms with Gasteiger partial charge >= 0.3 is 17.9 Å². The van der Waals surface area contributed by atoms with Gasteiger partial charge in [-0.2, -0.15) is 0 Å². The van der Waals surface area contributed by atoms with Crippen molar-refractivity contribution in [1.29, 1.82) is 0 Å². The molecule has 4 heterocycles. The van der Waals surface area contributed by atoms with Crippen LogP contribution in [-0.2, 0) is 33.3 Å². The van der Waals surface area contributed by atoms with Gasteiger partial charge in [-0.25, -0.2) is 0 Å². The van der Waals surface area contributed by atoms with Gasteiger partial charge in [0.2, 0.25) is 0 Å². The van der Waals surface area contributed by atoms with Crippen molar-refractivity contribution in [3.63, 3.8) is 0 Å². The predicted molar refractivity (Wildman–Crippen MR) is 78.5 cm³/mol. The maximum Gasteiger partial charge on any atom is 0.323 e. The van der Waals surface area contributed by atoms with E-state index >= 15 is 0 Å². The molecule has 7 nitrogen and oxygen atoms in total. The Balaban J connectivity index is 1.92. The molecule has 2 fully saturated rings. The summed E-state index contributed by atoms with van der Waals surface area (Å²) in [5.41, 5.74) is -3.03. The summed E-state index contributed by atoms with van der Waals surface area (Å²) in [7, 11) is 2.43. The zero-order valence-corrected chi connectivity index (χ0v) is 13.7. The number of carbonyl (C=O) groups excluding carboxylic acids is 3. The highest BCUT2D eigenvalue weighted by Crippen LogP contribution is 2.62. The highest BCUT2D eigenvalue weighted by molar-refractivity contribution is 6.01. The summed E-state index contributed by atoms with van der Waals surface area (Å²) in [5, 5.41) is 0. The fourth-order valence-corrected chi connectivity index (χ4v) is 4.72. The molecule has 0 unspecified atom stereocenters. The normalized spacial score (nSPS) is 40.5. The minimum Gasteiger partial charge on any atom is -0.468 e. The van der Waals surface area contributed by atoms with Gasteiger partial charge in [-0.1, -0.05) is 11.6 Å². The van der Waals surface area contributed by atoms with Gasteiger partial charge in [-0.15, -0.1) is 0 Å². The fourth-order valence-electron chi connectivity index (χ4n) is 4.72. The topological polar surface area (TPSA) is 88.1 Å². The number of hydrogen-bond acceptors (Lipinski definition) is 7. The quantitative estimate of drug-likeness (QED) is 0.317. The number of rotatable bonds is 2. The van der Waals surface area contributed by atoms with E-state index in [1.54, 1.807) is 0 Å². The Morgan fingerprint density at radius 2 is 1.79 bits per heavy atom. The number of esters is 3. The third-order valence-corrected chi connectivity index (χ3v) is 5.72. The van der Waals surface area contributed by atoms with Crippen molar-refractivity contribution < 1.29 is 33.3 Å². The van der Waals surface area contributed by atoms with Crippen LogP contribution in [0, 0.1) is 11.3 Å². The molecule has 4 atom stereocenters. The van der Waals surface area contributed by atoms with Crippen molar-refractivity contribution in [2.75, 3.05) is 14.2 Å². The van der Waals surface area contributed by atoms with Crippen LogP contribution in [-0.4, -0.2) is 49.4 Å². The second kappa shape index (κ2) is 4.47. The Hall–Kier alpha value is -2.15. The summed E-state index contributed by atoms with van der Waals surface area (Å²) < 4.78 is 21.7. The lowest BCUT2D eigenvalue weighted by Gasteiger charge is -2.39. The molecule has 0 amide bonds. The van der Waals surface area contributed by atoms with Crippen LogP contribution in [0.5, 0.6) is 0 Å². The van der Waals surface area contributed by atoms with Gasteiger partial charge in [-0.3, -0.25) is 14.4 Å². The predicted octanol–water partition coefficient (Wildman–Crippen LogP) is 0.678. The summed E-state index contributed by atoms with van der Waals surface area (Å²) in [6.07, 6.45) is 4.96. The first kappa shape index (κ1) is 15.4. The maximum absolute atomic E-state index is 12.5. The zero-order chi connectivity index (χ0) is 17.3. The van der Waals surface area contributed by atoms with Crippen LogP contribution in [0.2, 0.25) is 0 Å². The van der Waals surface area contributed by atoms with Crippen LogP contribution in [0.15, 0.2) is 23.8 Å². The van der Waals surface area contributed by atoms with Gasteiger partial charge in [0.15, 0.2) is 11.0 Å². The molecule has 4 aliphatic heterocycles. The van der Waals surface area contributed by atoms with E-state index in [4.69, 9.17) is 18.9 Å². The number of carbonyl (C=O) groups is 3. The van der Waals surface area contributed by atoms with Crippen LogP contribution in [0.1, 0.15) is 19.8 Å². The first-order valence-corrected chi connectivity index (χ1v) is 7.79. The lowest BCUT2D eigenvalue weighted by atomic mass is 9.78. The molecule has 1 aliphatic carbocycles. The van der Waals surface area contributed by atoms with E-state index in [9.17, 15) is 14.4 Å². The third-order valence-electron chi connectivity index (χ3n) is 5.72. The summed E-state index contributed by atoms with van der Waals surface area (Å²) in [6.45, 7) is 1.84. The first-order valence-electron chi connectivity index (χ1n) is 7.79. The highest BCUT2D eigenvalue weighted by atomic mass is 16.6. The molecule has 5 rings (SSSR count). The van der Waals surface area contributed by atoms with Gasteiger partial charge < -0.3 is 18.9 Å². The van der Waals surface area contributed by atoms with E-state index in [2.05, 4.69) is 0 Å². The second-order valence-corrected chi connectivity index (χ2v) is 6.93. The van der Waals surface area contributed by atoms with Crippen LogP contribution >= 0.6 is 0 Å². The minimum atomic E-state index is -1.58.